The van der Waals surface area contributed by atoms with Gasteiger partial charge >= 0.3 is 0 Å². The van der Waals surface area contributed by atoms with Crippen LogP contribution in [0.5, 0.6) is 0 Å². The van der Waals surface area contributed by atoms with E-state index in [1.165, 1.54) is 51.4 Å². The number of hydrazine groups is 1. The van der Waals surface area contributed by atoms with Gasteiger partial charge in [-0.1, -0.05) is 25.7 Å². The SMILES string of the molecule is O=C1CC(C2CCCC2)NN1C1CCCC1. The quantitative estimate of drug-likeness (QED) is 0.777. The average Bonchev–Trinajstić information content (AvgIpc) is 2.97. The van der Waals surface area contributed by atoms with Crippen molar-refractivity contribution in [2.75, 3.05) is 0 Å². The minimum absolute atomic E-state index is 0.351. The van der Waals surface area contributed by atoms with Gasteiger partial charge in [0.25, 0.3) is 0 Å². The van der Waals surface area contributed by atoms with Crippen molar-refractivity contribution in [3.63, 3.8) is 0 Å². The first-order valence-corrected chi connectivity index (χ1v) is 6.93. The first kappa shape index (κ1) is 10.6. The second kappa shape index (κ2) is 4.36. The van der Waals surface area contributed by atoms with E-state index in [0.717, 1.165) is 12.3 Å². The van der Waals surface area contributed by atoms with Crippen LogP contribution in [-0.4, -0.2) is 23.0 Å². The highest BCUT2D eigenvalue weighted by atomic mass is 16.2. The van der Waals surface area contributed by atoms with Crippen LogP contribution < -0.4 is 5.43 Å². The smallest absolute Gasteiger partial charge is 0.238 e. The number of hydrogen-bond donors (Lipinski definition) is 1. The highest BCUT2D eigenvalue weighted by Gasteiger charge is 2.39. The van der Waals surface area contributed by atoms with Crippen LogP contribution in [-0.2, 0) is 4.79 Å². The topological polar surface area (TPSA) is 32.3 Å². The summed E-state index contributed by atoms with van der Waals surface area (Å²) in [4.78, 5) is 12.0. The Kier molecular flexibility index (Phi) is 2.88. The zero-order valence-corrected chi connectivity index (χ0v) is 9.95. The fourth-order valence-corrected chi connectivity index (χ4v) is 3.69. The van der Waals surface area contributed by atoms with Gasteiger partial charge in [-0.05, 0) is 31.6 Å². The monoisotopic (exact) mass is 222 g/mol. The summed E-state index contributed by atoms with van der Waals surface area (Å²) in [5.41, 5.74) is 3.51. The molecule has 1 amide bonds. The highest BCUT2D eigenvalue weighted by molar-refractivity contribution is 5.78. The lowest BCUT2D eigenvalue weighted by atomic mass is 9.97. The van der Waals surface area contributed by atoms with Gasteiger partial charge in [0.05, 0.1) is 0 Å². The molecule has 16 heavy (non-hydrogen) atoms. The second-order valence-electron chi connectivity index (χ2n) is 5.69. The molecule has 3 fully saturated rings. The van der Waals surface area contributed by atoms with E-state index in [4.69, 9.17) is 0 Å². The van der Waals surface area contributed by atoms with Crippen molar-refractivity contribution in [2.24, 2.45) is 5.92 Å². The molecule has 2 saturated carbocycles. The Morgan fingerprint density at radius 3 is 2.31 bits per heavy atom. The van der Waals surface area contributed by atoms with Gasteiger partial charge in [-0.2, -0.15) is 0 Å². The number of nitrogens with one attached hydrogen (secondary N) is 1. The van der Waals surface area contributed by atoms with E-state index in [2.05, 4.69) is 5.43 Å². The van der Waals surface area contributed by atoms with E-state index in [0.29, 0.717) is 18.0 Å². The predicted molar refractivity (Wildman–Crippen MR) is 62.6 cm³/mol. The minimum Gasteiger partial charge on any atom is -0.275 e. The minimum atomic E-state index is 0.351. The summed E-state index contributed by atoms with van der Waals surface area (Å²) < 4.78 is 0. The van der Waals surface area contributed by atoms with E-state index in [-0.39, 0.29) is 0 Å². The molecular formula is C13H22N2O. The van der Waals surface area contributed by atoms with Crippen molar-refractivity contribution in [3.8, 4) is 0 Å². The van der Waals surface area contributed by atoms with Crippen molar-refractivity contribution in [2.45, 2.75) is 69.9 Å². The molecule has 1 heterocycles. The number of nitrogens with zero attached hydrogens (tertiary/aromatic N) is 1. The fourth-order valence-electron chi connectivity index (χ4n) is 3.69. The molecule has 1 saturated heterocycles. The van der Waals surface area contributed by atoms with Crippen molar-refractivity contribution < 1.29 is 4.79 Å². The number of hydrogen-bond acceptors (Lipinski definition) is 2. The van der Waals surface area contributed by atoms with E-state index >= 15 is 0 Å². The van der Waals surface area contributed by atoms with E-state index in [9.17, 15) is 4.79 Å². The molecule has 0 radical (unpaired) electrons. The summed E-state index contributed by atoms with van der Waals surface area (Å²) in [7, 11) is 0. The summed E-state index contributed by atoms with van der Waals surface area (Å²) in [6, 6.07) is 0.953. The summed E-state index contributed by atoms with van der Waals surface area (Å²) in [5, 5.41) is 1.98. The fraction of sp³-hybridized carbons (Fsp3) is 0.923. The van der Waals surface area contributed by atoms with Crippen LogP contribution in [0.15, 0.2) is 0 Å². The summed E-state index contributed by atoms with van der Waals surface area (Å²) in [6.07, 6.45) is 11.1. The van der Waals surface area contributed by atoms with Crippen LogP contribution >= 0.6 is 0 Å². The summed E-state index contributed by atoms with van der Waals surface area (Å²) >= 11 is 0. The van der Waals surface area contributed by atoms with Crippen molar-refractivity contribution >= 4 is 5.91 Å². The maximum Gasteiger partial charge on any atom is 0.238 e. The second-order valence-corrected chi connectivity index (χ2v) is 5.69. The first-order chi connectivity index (χ1) is 7.84. The maximum atomic E-state index is 12.0. The molecule has 0 aromatic carbocycles. The van der Waals surface area contributed by atoms with Gasteiger partial charge in [-0.3, -0.25) is 9.80 Å². The lowest BCUT2D eigenvalue weighted by Gasteiger charge is -2.26. The Morgan fingerprint density at radius 1 is 1.00 bits per heavy atom. The number of amides is 1. The van der Waals surface area contributed by atoms with Gasteiger partial charge in [0.15, 0.2) is 0 Å². The van der Waals surface area contributed by atoms with E-state index in [1.54, 1.807) is 0 Å². The molecule has 0 aromatic rings. The van der Waals surface area contributed by atoms with Crippen LogP contribution in [0.4, 0.5) is 0 Å². The molecule has 1 atom stereocenters. The van der Waals surface area contributed by atoms with Gasteiger partial charge in [-0.15, -0.1) is 0 Å². The zero-order valence-electron chi connectivity index (χ0n) is 9.95. The van der Waals surface area contributed by atoms with Crippen LogP contribution in [0.1, 0.15) is 57.8 Å². The summed E-state index contributed by atoms with van der Waals surface area (Å²) in [5.74, 6) is 1.11. The third-order valence-corrected chi connectivity index (χ3v) is 4.63. The van der Waals surface area contributed by atoms with Crippen LogP contribution in [0, 0.1) is 5.92 Å². The average molecular weight is 222 g/mol. The van der Waals surface area contributed by atoms with Gasteiger partial charge in [0.2, 0.25) is 5.91 Å². The Bertz CT molecular complexity index is 267. The Balaban J connectivity index is 1.62. The molecule has 3 heteroatoms. The molecule has 3 rings (SSSR count). The maximum absolute atomic E-state index is 12.0. The number of rotatable bonds is 2. The lowest BCUT2D eigenvalue weighted by Crippen LogP contribution is -2.45. The van der Waals surface area contributed by atoms with Crippen molar-refractivity contribution in [1.82, 2.24) is 10.4 Å². The molecule has 3 aliphatic rings. The van der Waals surface area contributed by atoms with E-state index in [1.807, 2.05) is 5.01 Å². The third kappa shape index (κ3) is 1.86. The lowest BCUT2D eigenvalue weighted by molar-refractivity contribution is -0.131. The van der Waals surface area contributed by atoms with Crippen molar-refractivity contribution in [3.05, 3.63) is 0 Å². The molecule has 2 aliphatic carbocycles. The Labute approximate surface area is 97.5 Å². The summed E-state index contributed by atoms with van der Waals surface area (Å²) in [6.45, 7) is 0. The Morgan fingerprint density at radius 2 is 1.62 bits per heavy atom. The van der Waals surface area contributed by atoms with Crippen molar-refractivity contribution in [1.29, 1.82) is 0 Å². The standard InChI is InChI=1S/C13H22N2O/c16-13-9-12(10-5-1-2-6-10)14-15(13)11-7-3-4-8-11/h10-12,14H,1-9H2. The molecule has 1 aliphatic heterocycles. The largest absolute Gasteiger partial charge is 0.275 e. The van der Waals surface area contributed by atoms with Gasteiger partial charge in [0, 0.05) is 18.5 Å². The molecule has 90 valence electrons. The predicted octanol–water partition coefficient (Wildman–Crippen LogP) is 2.22. The van der Waals surface area contributed by atoms with E-state index < -0.39 is 0 Å². The van der Waals surface area contributed by atoms with Crippen LogP contribution in [0.2, 0.25) is 0 Å². The normalized spacial score (nSPS) is 33.1. The molecule has 1 N–H and O–H groups in total. The van der Waals surface area contributed by atoms with Crippen LogP contribution in [0.3, 0.4) is 0 Å². The number of carbonyl (C=O) groups excluding carboxylic acids is 1. The molecule has 0 aromatic heterocycles. The first-order valence-electron chi connectivity index (χ1n) is 6.93. The van der Waals surface area contributed by atoms with Gasteiger partial charge in [-0.25, -0.2) is 5.43 Å². The number of carbonyl (C=O) groups is 1. The molecule has 1 unspecified atom stereocenters. The Hall–Kier alpha value is -0.570. The molecule has 3 nitrogen and oxygen atoms in total. The van der Waals surface area contributed by atoms with Gasteiger partial charge in [0.1, 0.15) is 0 Å². The zero-order chi connectivity index (χ0) is 11.0. The molecule has 0 bridgehead atoms. The molecular weight excluding hydrogens is 200 g/mol. The highest BCUT2D eigenvalue weighted by Crippen LogP contribution is 2.33. The van der Waals surface area contributed by atoms with Gasteiger partial charge < -0.3 is 0 Å². The molecule has 0 spiro atoms. The third-order valence-electron chi connectivity index (χ3n) is 4.63. The van der Waals surface area contributed by atoms with Crippen LogP contribution in [0.25, 0.3) is 0 Å².